The Bertz CT molecular complexity index is 1100. The Kier molecular flexibility index (Phi) is 5.74. The number of carbonyl (C=O) groups excluding carboxylic acids is 1. The van der Waals surface area contributed by atoms with Crippen LogP contribution in [-0.2, 0) is 11.3 Å². The lowest BCUT2D eigenvalue weighted by Gasteiger charge is -2.11. The van der Waals surface area contributed by atoms with Gasteiger partial charge in [0.25, 0.3) is 0 Å². The van der Waals surface area contributed by atoms with E-state index in [4.69, 9.17) is 11.6 Å². The molecule has 5 nitrogen and oxygen atoms in total. The fourth-order valence-electron chi connectivity index (χ4n) is 3.48. The van der Waals surface area contributed by atoms with E-state index < -0.39 is 0 Å². The molecule has 1 saturated carbocycles. The number of aromatic nitrogens is 3. The van der Waals surface area contributed by atoms with Gasteiger partial charge in [-0.05, 0) is 60.7 Å². The van der Waals surface area contributed by atoms with Gasteiger partial charge in [0, 0.05) is 27.5 Å². The molecule has 7 heteroatoms. The van der Waals surface area contributed by atoms with Crippen molar-refractivity contribution in [1.82, 2.24) is 14.3 Å². The van der Waals surface area contributed by atoms with E-state index in [0.717, 1.165) is 28.4 Å². The number of halogens is 2. The van der Waals surface area contributed by atoms with E-state index in [1.165, 1.54) is 4.68 Å². The Morgan fingerprint density at radius 1 is 1.24 bits per heavy atom. The first-order valence-electron chi connectivity index (χ1n) is 9.65. The maximum Gasteiger partial charge on any atom is 0.346 e. The van der Waals surface area contributed by atoms with Gasteiger partial charge in [0.2, 0.25) is 0 Å². The first-order chi connectivity index (χ1) is 13.9. The summed E-state index contributed by atoms with van der Waals surface area (Å²) in [5.74, 6) is 0.654. The topological polar surface area (TPSA) is 56.9 Å². The van der Waals surface area contributed by atoms with Crippen LogP contribution in [0, 0.1) is 0 Å². The molecule has 0 spiro atoms. The minimum absolute atomic E-state index is 0.0114. The first kappa shape index (κ1) is 20.1. The largest absolute Gasteiger partial charge is 0.346 e. The zero-order valence-electron chi connectivity index (χ0n) is 16.0. The number of ketones is 1. The van der Waals surface area contributed by atoms with E-state index in [2.05, 4.69) is 21.0 Å². The number of carbonyl (C=O) groups is 1. The Morgan fingerprint density at radius 2 is 1.97 bits per heavy atom. The molecule has 1 aliphatic carbocycles. The molecule has 1 atom stereocenters. The van der Waals surface area contributed by atoms with Crippen LogP contribution in [0.15, 0.2) is 57.8 Å². The molecule has 150 valence electrons. The van der Waals surface area contributed by atoms with Crippen LogP contribution in [0.3, 0.4) is 0 Å². The molecule has 1 heterocycles. The molecule has 0 bridgehead atoms. The highest BCUT2D eigenvalue weighted by atomic mass is 79.9. The van der Waals surface area contributed by atoms with E-state index in [1.807, 2.05) is 43.3 Å². The highest BCUT2D eigenvalue weighted by Gasteiger charge is 2.30. The molecule has 0 N–H and O–H groups in total. The second-order valence-electron chi connectivity index (χ2n) is 7.57. The van der Waals surface area contributed by atoms with E-state index in [9.17, 15) is 9.59 Å². The third-order valence-corrected chi connectivity index (χ3v) is 5.91. The first-order valence-corrected chi connectivity index (χ1v) is 10.8. The summed E-state index contributed by atoms with van der Waals surface area (Å²) < 4.78 is 4.01. The predicted molar refractivity (Wildman–Crippen MR) is 117 cm³/mol. The van der Waals surface area contributed by atoms with Crippen molar-refractivity contribution < 1.29 is 4.79 Å². The summed E-state index contributed by atoms with van der Waals surface area (Å²) in [4.78, 5) is 25.6. The number of hydrogen-bond donors (Lipinski definition) is 0. The maximum atomic E-state index is 12.9. The van der Waals surface area contributed by atoms with Gasteiger partial charge in [0.05, 0.1) is 0 Å². The second kappa shape index (κ2) is 8.28. The van der Waals surface area contributed by atoms with Gasteiger partial charge in [0.15, 0.2) is 11.6 Å². The minimum Gasteiger partial charge on any atom is -0.298 e. The number of hydrogen-bond acceptors (Lipinski definition) is 3. The quantitative estimate of drug-likeness (QED) is 0.471. The Balaban J connectivity index is 1.55. The number of Topliss-reactive ketones (excluding diaryl/α,β-unsaturated/α-hetero) is 1. The smallest absolute Gasteiger partial charge is 0.298 e. The standard InChI is InChI=1S/C22H21BrClN3O2/c1-14(16-3-2-4-17(23)12-16)11-20(28)13-26-22(29)27(19-9-10-19)21(25-26)15-5-7-18(24)8-6-15/h2-8,12,14,19H,9-11,13H2,1H3. The molecule has 0 saturated heterocycles. The summed E-state index contributed by atoms with van der Waals surface area (Å²) in [6.45, 7) is 2.00. The lowest BCUT2D eigenvalue weighted by molar-refractivity contribution is -0.120. The molecule has 1 aliphatic rings. The highest BCUT2D eigenvalue weighted by molar-refractivity contribution is 9.10. The summed E-state index contributed by atoms with van der Waals surface area (Å²) >= 11 is 9.45. The van der Waals surface area contributed by atoms with Crippen molar-refractivity contribution in [2.75, 3.05) is 0 Å². The van der Waals surface area contributed by atoms with Crippen molar-refractivity contribution in [1.29, 1.82) is 0 Å². The van der Waals surface area contributed by atoms with Crippen molar-refractivity contribution in [2.24, 2.45) is 0 Å². The SMILES string of the molecule is CC(CC(=O)Cn1nc(-c2ccc(Cl)cc2)n(C2CC2)c1=O)c1cccc(Br)c1. The van der Waals surface area contributed by atoms with Crippen LogP contribution in [0.1, 0.15) is 43.7 Å². The predicted octanol–water partition coefficient (Wildman–Crippen LogP) is 5.23. The van der Waals surface area contributed by atoms with Gasteiger partial charge in [0.1, 0.15) is 6.54 Å². The van der Waals surface area contributed by atoms with Crippen molar-refractivity contribution >= 4 is 33.3 Å². The van der Waals surface area contributed by atoms with Crippen LogP contribution >= 0.6 is 27.5 Å². The van der Waals surface area contributed by atoms with E-state index in [0.29, 0.717) is 17.3 Å². The van der Waals surface area contributed by atoms with Gasteiger partial charge in [-0.3, -0.25) is 9.36 Å². The summed E-state index contributed by atoms with van der Waals surface area (Å²) in [6.07, 6.45) is 2.27. The van der Waals surface area contributed by atoms with Gasteiger partial charge in [-0.1, -0.05) is 46.6 Å². The zero-order chi connectivity index (χ0) is 20.5. The van der Waals surface area contributed by atoms with Gasteiger partial charge in [-0.2, -0.15) is 0 Å². The molecule has 1 unspecified atom stereocenters. The molecule has 1 fully saturated rings. The molecular formula is C22H21BrClN3O2. The number of rotatable bonds is 7. The molecule has 2 aromatic carbocycles. The Morgan fingerprint density at radius 3 is 2.62 bits per heavy atom. The fourth-order valence-corrected chi connectivity index (χ4v) is 4.03. The zero-order valence-corrected chi connectivity index (χ0v) is 18.4. The average Bonchev–Trinajstić information content (AvgIpc) is 3.47. The monoisotopic (exact) mass is 473 g/mol. The molecule has 0 amide bonds. The van der Waals surface area contributed by atoms with Crippen molar-refractivity contribution in [3.8, 4) is 11.4 Å². The average molecular weight is 475 g/mol. The highest BCUT2D eigenvalue weighted by Crippen LogP contribution is 2.36. The van der Waals surface area contributed by atoms with Crippen LogP contribution in [0.5, 0.6) is 0 Å². The lowest BCUT2D eigenvalue weighted by atomic mass is 9.96. The fraction of sp³-hybridized carbons (Fsp3) is 0.318. The molecular weight excluding hydrogens is 454 g/mol. The third kappa shape index (κ3) is 4.54. The molecule has 1 aromatic heterocycles. The van der Waals surface area contributed by atoms with Crippen molar-refractivity contribution in [2.45, 2.75) is 44.7 Å². The van der Waals surface area contributed by atoms with E-state index in [-0.39, 0.29) is 30.0 Å². The van der Waals surface area contributed by atoms with Crippen LogP contribution in [0.2, 0.25) is 5.02 Å². The van der Waals surface area contributed by atoms with Gasteiger partial charge in [-0.15, -0.1) is 5.10 Å². The van der Waals surface area contributed by atoms with Crippen LogP contribution < -0.4 is 5.69 Å². The lowest BCUT2D eigenvalue weighted by Crippen LogP contribution is -2.28. The molecule has 29 heavy (non-hydrogen) atoms. The Labute approximate surface area is 182 Å². The molecule has 3 aromatic rings. The van der Waals surface area contributed by atoms with E-state index in [1.54, 1.807) is 16.7 Å². The van der Waals surface area contributed by atoms with Crippen LogP contribution in [0.4, 0.5) is 0 Å². The van der Waals surface area contributed by atoms with Crippen molar-refractivity contribution in [3.05, 3.63) is 74.1 Å². The van der Waals surface area contributed by atoms with Gasteiger partial charge >= 0.3 is 5.69 Å². The second-order valence-corrected chi connectivity index (χ2v) is 8.92. The van der Waals surface area contributed by atoms with Crippen LogP contribution in [0.25, 0.3) is 11.4 Å². The van der Waals surface area contributed by atoms with Gasteiger partial charge < -0.3 is 0 Å². The summed E-state index contributed by atoms with van der Waals surface area (Å²) in [7, 11) is 0. The number of nitrogens with zero attached hydrogens (tertiary/aromatic N) is 3. The maximum absolute atomic E-state index is 12.9. The summed E-state index contributed by atoms with van der Waals surface area (Å²) in [5, 5.41) is 5.13. The molecule has 0 aliphatic heterocycles. The normalized spacial score (nSPS) is 14.7. The molecule has 0 radical (unpaired) electrons. The summed E-state index contributed by atoms with van der Waals surface area (Å²) in [6, 6.07) is 15.4. The third-order valence-electron chi connectivity index (χ3n) is 5.16. The van der Waals surface area contributed by atoms with Crippen molar-refractivity contribution in [3.63, 3.8) is 0 Å². The van der Waals surface area contributed by atoms with E-state index >= 15 is 0 Å². The molecule has 4 rings (SSSR count). The number of benzene rings is 2. The Hall–Kier alpha value is -2.18. The minimum atomic E-state index is -0.221. The van der Waals surface area contributed by atoms with Crippen LogP contribution in [-0.4, -0.2) is 20.1 Å². The summed E-state index contributed by atoms with van der Waals surface area (Å²) in [5.41, 5.74) is 1.69. The van der Waals surface area contributed by atoms with Gasteiger partial charge in [-0.25, -0.2) is 9.48 Å².